The molecule has 0 saturated heterocycles. The van der Waals surface area contributed by atoms with Crippen LogP contribution in [0.4, 0.5) is 17.1 Å². The molecule has 2 aliphatic rings. The van der Waals surface area contributed by atoms with Gasteiger partial charge in [0, 0.05) is 27.8 Å². The molecule has 0 bridgehead atoms. The van der Waals surface area contributed by atoms with Crippen LogP contribution in [-0.4, -0.2) is 0 Å². The molecule has 1 nitrogen and oxygen atoms in total. The fraction of sp³-hybridized carbons (Fsp3) is 0.130. The highest BCUT2D eigenvalue weighted by Crippen LogP contribution is 2.54. The van der Waals surface area contributed by atoms with E-state index in [9.17, 15) is 0 Å². The van der Waals surface area contributed by atoms with Gasteiger partial charge in [0.05, 0.1) is 5.69 Å². The summed E-state index contributed by atoms with van der Waals surface area (Å²) >= 11 is 0. The second-order valence-electron chi connectivity index (χ2n) is 14.2. The maximum atomic E-state index is 2.48. The molecule has 0 saturated carbocycles. The van der Waals surface area contributed by atoms with Gasteiger partial charge >= 0.3 is 0 Å². The maximum Gasteiger partial charge on any atom is 0.0540 e. The van der Waals surface area contributed by atoms with Gasteiger partial charge in [-0.1, -0.05) is 149 Å². The third-order valence-electron chi connectivity index (χ3n) is 10.9. The van der Waals surface area contributed by atoms with E-state index in [1.165, 1.54) is 77.8 Å². The Kier molecular flexibility index (Phi) is 5.96. The van der Waals surface area contributed by atoms with Crippen LogP contribution in [0.15, 0.2) is 152 Å². The molecule has 0 radical (unpaired) electrons. The van der Waals surface area contributed by atoms with E-state index in [1.54, 1.807) is 0 Å². The molecule has 47 heavy (non-hydrogen) atoms. The van der Waals surface area contributed by atoms with Gasteiger partial charge in [0.1, 0.15) is 0 Å². The van der Waals surface area contributed by atoms with Crippen molar-refractivity contribution in [3.63, 3.8) is 0 Å². The Morgan fingerprint density at radius 2 is 0.957 bits per heavy atom. The minimum Gasteiger partial charge on any atom is -0.310 e. The molecule has 0 unspecified atom stereocenters. The lowest BCUT2D eigenvalue weighted by Crippen LogP contribution is -2.17. The SMILES string of the molecule is CC1(C)c2ccccc2-c2ccc(N(c3ccc4ccc5c(c4c3)-c3ccccc3C5(C)C)c3ccccc3-c3ccccc3)cc21. The van der Waals surface area contributed by atoms with Crippen LogP contribution in [0.1, 0.15) is 49.9 Å². The van der Waals surface area contributed by atoms with E-state index >= 15 is 0 Å². The third-order valence-corrected chi connectivity index (χ3v) is 10.9. The first-order valence-corrected chi connectivity index (χ1v) is 16.7. The van der Waals surface area contributed by atoms with Crippen molar-refractivity contribution in [3.05, 3.63) is 174 Å². The molecule has 0 amide bonds. The first kappa shape index (κ1) is 27.9. The molecule has 226 valence electrons. The van der Waals surface area contributed by atoms with Crippen LogP contribution in [0.5, 0.6) is 0 Å². The predicted octanol–water partition coefficient (Wildman–Crippen LogP) is 12.6. The second kappa shape index (κ2) is 10.0. The summed E-state index contributed by atoms with van der Waals surface area (Å²) in [5.41, 5.74) is 16.7. The van der Waals surface area contributed by atoms with Crippen molar-refractivity contribution in [2.75, 3.05) is 4.90 Å². The van der Waals surface area contributed by atoms with E-state index < -0.39 is 0 Å². The Bertz CT molecular complexity index is 2360. The summed E-state index contributed by atoms with van der Waals surface area (Å²) in [6, 6.07) is 56.3. The third kappa shape index (κ3) is 4.02. The lowest BCUT2D eigenvalue weighted by Gasteiger charge is -2.30. The zero-order chi connectivity index (χ0) is 31.9. The topological polar surface area (TPSA) is 3.24 Å². The largest absolute Gasteiger partial charge is 0.310 e. The van der Waals surface area contributed by atoms with Gasteiger partial charge in [-0.15, -0.1) is 0 Å². The van der Waals surface area contributed by atoms with Gasteiger partial charge in [-0.25, -0.2) is 0 Å². The van der Waals surface area contributed by atoms with E-state index in [0.717, 1.165) is 5.69 Å². The number of rotatable bonds is 4. The molecular formula is C46H37N. The summed E-state index contributed by atoms with van der Waals surface area (Å²) in [5, 5.41) is 2.57. The highest BCUT2D eigenvalue weighted by Gasteiger charge is 2.37. The van der Waals surface area contributed by atoms with Gasteiger partial charge < -0.3 is 4.90 Å². The number of hydrogen-bond donors (Lipinski definition) is 0. The molecule has 2 aliphatic carbocycles. The fourth-order valence-corrected chi connectivity index (χ4v) is 8.44. The van der Waals surface area contributed by atoms with Gasteiger partial charge in [-0.05, 0) is 91.2 Å². The van der Waals surface area contributed by atoms with Crippen molar-refractivity contribution in [2.45, 2.75) is 38.5 Å². The number of hydrogen-bond acceptors (Lipinski definition) is 1. The molecule has 0 fully saturated rings. The highest BCUT2D eigenvalue weighted by atomic mass is 15.1. The quantitative estimate of drug-likeness (QED) is 0.193. The summed E-state index contributed by atoms with van der Waals surface area (Å²) in [5.74, 6) is 0. The smallest absolute Gasteiger partial charge is 0.0540 e. The van der Waals surface area contributed by atoms with Gasteiger partial charge in [-0.3, -0.25) is 0 Å². The van der Waals surface area contributed by atoms with Crippen LogP contribution in [0.2, 0.25) is 0 Å². The summed E-state index contributed by atoms with van der Waals surface area (Å²) < 4.78 is 0. The lowest BCUT2D eigenvalue weighted by molar-refractivity contribution is 0.660. The summed E-state index contributed by atoms with van der Waals surface area (Å²) in [7, 11) is 0. The number of fused-ring (bicyclic) bond motifs is 8. The minimum atomic E-state index is -0.0912. The van der Waals surface area contributed by atoms with Crippen molar-refractivity contribution >= 4 is 27.8 Å². The Labute approximate surface area is 277 Å². The van der Waals surface area contributed by atoms with Crippen molar-refractivity contribution in [3.8, 4) is 33.4 Å². The maximum absolute atomic E-state index is 2.48. The summed E-state index contributed by atoms with van der Waals surface area (Å²) in [6.07, 6.45) is 0. The molecule has 0 aromatic heterocycles. The normalized spacial score (nSPS) is 14.7. The van der Waals surface area contributed by atoms with E-state index in [0.29, 0.717) is 0 Å². The van der Waals surface area contributed by atoms with Crippen LogP contribution < -0.4 is 4.90 Å². The van der Waals surface area contributed by atoms with Crippen molar-refractivity contribution in [1.29, 1.82) is 0 Å². The summed E-state index contributed by atoms with van der Waals surface area (Å²) in [6.45, 7) is 9.45. The van der Waals surface area contributed by atoms with Crippen LogP contribution in [0.3, 0.4) is 0 Å². The number of nitrogens with zero attached hydrogens (tertiary/aromatic N) is 1. The number of benzene rings is 7. The highest BCUT2D eigenvalue weighted by molar-refractivity contribution is 6.05. The molecule has 1 heteroatoms. The zero-order valence-corrected chi connectivity index (χ0v) is 27.4. The molecule has 0 aliphatic heterocycles. The molecule has 9 rings (SSSR count). The van der Waals surface area contributed by atoms with E-state index in [-0.39, 0.29) is 10.8 Å². The fourth-order valence-electron chi connectivity index (χ4n) is 8.44. The molecule has 0 spiro atoms. The van der Waals surface area contributed by atoms with Crippen molar-refractivity contribution in [2.24, 2.45) is 0 Å². The molecule has 0 atom stereocenters. The lowest BCUT2D eigenvalue weighted by atomic mass is 9.82. The number of para-hydroxylation sites is 1. The van der Waals surface area contributed by atoms with E-state index in [1.807, 2.05) is 0 Å². The first-order valence-electron chi connectivity index (χ1n) is 16.7. The van der Waals surface area contributed by atoms with Crippen LogP contribution in [0.25, 0.3) is 44.2 Å². The van der Waals surface area contributed by atoms with Gasteiger partial charge in [0.15, 0.2) is 0 Å². The summed E-state index contributed by atoms with van der Waals surface area (Å²) in [4.78, 5) is 2.48. The Morgan fingerprint density at radius 3 is 1.74 bits per heavy atom. The Balaban J connectivity index is 1.31. The molecule has 7 aromatic rings. The van der Waals surface area contributed by atoms with Crippen LogP contribution in [0, 0.1) is 0 Å². The molecule has 0 heterocycles. The number of anilines is 3. The average molecular weight is 604 g/mol. The molecular weight excluding hydrogens is 567 g/mol. The zero-order valence-electron chi connectivity index (χ0n) is 27.4. The standard InChI is InChI=1S/C46H37N/c1-45(2)40-20-12-9-18-37(40)44-38-28-32(24-22-31(38)23-27-41(44)45)47(43-21-13-10-16-34(43)30-14-6-5-7-15-30)33-25-26-36-35-17-8-11-19-39(35)46(3,4)42(36)29-33/h5-29H,1-4H3. The van der Waals surface area contributed by atoms with Crippen molar-refractivity contribution in [1.82, 2.24) is 0 Å². The van der Waals surface area contributed by atoms with Gasteiger partial charge in [-0.2, -0.15) is 0 Å². The predicted molar refractivity (Wildman–Crippen MR) is 199 cm³/mol. The van der Waals surface area contributed by atoms with E-state index in [2.05, 4.69) is 184 Å². The first-order chi connectivity index (χ1) is 22.8. The Hall–Kier alpha value is -5.40. The molecule has 7 aromatic carbocycles. The minimum absolute atomic E-state index is 0.0453. The van der Waals surface area contributed by atoms with Gasteiger partial charge in [0.25, 0.3) is 0 Å². The Morgan fingerprint density at radius 1 is 0.404 bits per heavy atom. The monoisotopic (exact) mass is 603 g/mol. The van der Waals surface area contributed by atoms with Crippen LogP contribution >= 0.6 is 0 Å². The van der Waals surface area contributed by atoms with E-state index in [4.69, 9.17) is 0 Å². The average Bonchev–Trinajstić information content (AvgIpc) is 3.49. The van der Waals surface area contributed by atoms with Crippen molar-refractivity contribution < 1.29 is 0 Å². The van der Waals surface area contributed by atoms with Crippen LogP contribution in [-0.2, 0) is 10.8 Å². The van der Waals surface area contributed by atoms with Gasteiger partial charge in [0.2, 0.25) is 0 Å². The molecule has 0 N–H and O–H groups in total. The second-order valence-corrected chi connectivity index (χ2v) is 14.2.